The van der Waals surface area contributed by atoms with Gasteiger partial charge in [-0.25, -0.2) is 9.37 Å². The first kappa shape index (κ1) is 24.9. The Hall–Kier alpha value is -4.78. The quantitative estimate of drug-likeness (QED) is 0.249. The highest BCUT2D eigenvalue weighted by Crippen LogP contribution is 2.25. The Morgan fingerprint density at radius 2 is 1.61 bits per heavy atom. The fourth-order valence-electron chi connectivity index (χ4n) is 4.16. The average molecular weight is 506 g/mol. The standard InChI is InChI=1S/C31H28FN5O/c1-21-8-17-27-28(18-21)35-31(37(2)20-23-6-4-3-5-7-23)36-29(27)33-19-22-9-15-26(16-10-22)34-30(38)24-11-13-25(32)14-12-24/h3-18H,19-20H2,1-2H3,(H,34,38)(H,33,35,36). The molecule has 1 aromatic heterocycles. The molecule has 4 aromatic carbocycles. The van der Waals surface area contributed by atoms with E-state index in [9.17, 15) is 9.18 Å². The first-order chi connectivity index (χ1) is 18.4. The van der Waals surface area contributed by atoms with Gasteiger partial charge in [-0.1, -0.05) is 48.5 Å². The summed E-state index contributed by atoms with van der Waals surface area (Å²) >= 11 is 0. The number of carbonyl (C=O) groups excluding carboxylic acids is 1. The Balaban J connectivity index is 1.31. The Bertz CT molecular complexity index is 1550. The van der Waals surface area contributed by atoms with E-state index in [2.05, 4.69) is 41.8 Å². The second kappa shape index (κ2) is 11.1. The smallest absolute Gasteiger partial charge is 0.255 e. The van der Waals surface area contributed by atoms with Crippen molar-refractivity contribution in [2.24, 2.45) is 0 Å². The molecule has 0 atom stereocenters. The number of rotatable bonds is 8. The van der Waals surface area contributed by atoms with Crippen molar-refractivity contribution in [2.45, 2.75) is 20.0 Å². The lowest BCUT2D eigenvalue weighted by atomic mass is 10.1. The van der Waals surface area contributed by atoms with E-state index in [0.29, 0.717) is 30.3 Å². The summed E-state index contributed by atoms with van der Waals surface area (Å²) in [5, 5.41) is 7.27. The average Bonchev–Trinajstić information content (AvgIpc) is 2.93. The molecule has 0 saturated carbocycles. The van der Waals surface area contributed by atoms with Gasteiger partial charge in [0.05, 0.1) is 5.52 Å². The van der Waals surface area contributed by atoms with Crippen LogP contribution in [0.2, 0.25) is 0 Å². The van der Waals surface area contributed by atoms with Gasteiger partial charge in [-0.15, -0.1) is 0 Å². The monoisotopic (exact) mass is 505 g/mol. The third-order valence-electron chi connectivity index (χ3n) is 6.22. The van der Waals surface area contributed by atoms with E-state index in [1.54, 1.807) is 0 Å². The first-order valence-electron chi connectivity index (χ1n) is 12.4. The minimum atomic E-state index is -0.375. The molecule has 0 fully saturated rings. The number of fused-ring (bicyclic) bond motifs is 1. The molecule has 0 spiro atoms. The van der Waals surface area contributed by atoms with E-state index in [-0.39, 0.29) is 11.7 Å². The van der Waals surface area contributed by atoms with Gasteiger partial charge < -0.3 is 15.5 Å². The summed E-state index contributed by atoms with van der Waals surface area (Å²) in [5.74, 6) is 0.748. The molecule has 1 amide bonds. The minimum absolute atomic E-state index is 0.286. The van der Waals surface area contributed by atoms with Crippen LogP contribution >= 0.6 is 0 Å². The summed E-state index contributed by atoms with van der Waals surface area (Å²) in [4.78, 5) is 24.1. The molecule has 2 N–H and O–H groups in total. The predicted octanol–water partition coefficient (Wildman–Crippen LogP) is 6.58. The predicted molar refractivity (Wildman–Crippen MR) is 151 cm³/mol. The van der Waals surface area contributed by atoms with Crippen LogP contribution in [0.4, 0.5) is 21.8 Å². The lowest BCUT2D eigenvalue weighted by molar-refractivity contribution is 0.102. The molecule has 0 radical (unpaired) electrons. The van der Waals surface area contributed by atoms with Crippen LogP contribution in [0.5, 0.6) is 0 Å². The van der Waals surface area contributed by atoms with Crippen LogP contribution in [0.1, 0.15) is 27.0 Å². The zero-order valence-electron chi connectivity index (χ0n) is 21.3. The molecule has 38 heavy (non-hydrogen) atoms. The SMILES string of the molecule is Cc1ccc2c(NCc3ccc(NC(=O)c4ccc(F)cc4)cc3)nc(N(C)Cc3ccccc3)nc2c1. The fraction of sp³-hybridized carbons (Fsp3) is 0.129. The largest absolute Gasteiger partial charge is 0.365 e. The fourth-order valence-corrected chi connectivity index (χ4v) is 4.16. The van der Waals surface area contributed by atoms with Gasteiger partial charge in [-0.05, 0) is 72.1 Å². The molecule has 1 heterocycles. The second-order valence-corrected chi connectivity index (χ2v) is 9.25. The number of benzene rings is 4. The number of nitrogens with zero attached hydrogens (tertiary/aromatic N) is 3. The van der Waals surface area contributed by atoms with Gasteiger partial charge in [-0.3, -0.25) is 4.79 Å². The van der Waals surface area contributed by atoms with Crippen molar-refractivity contribution in [1.29, 1.82) is 0 Å². The number of halogens is 1. The van der Waals surface area contributed by atoms with Crippen molar-refractivity contribution in [1.82, 2.24) is 9.97 Å². The normalized spacial score (nSPS) is 10.8. The molecule has 190 valence electrons. The second-order valence-electron chi connectivity index (χ2n) is 9.25. The molecule has 6 nitrogen and oxygen atoms in total. The molecular weight excluding hydrogens is 477 g/mol. The van der Waals surface area contributed by atoms with Gasteiger partial charge >= 0.3 is 0 Å². The lowest BCUT2D eigenvalue weighted by Crippen LogP contribution is -2.20. The summed E-state index contributed by atoms with van der Waals surface area (Å²) in [7, 11) is 1.99. The van der Waals surface area contributed by atoms with Crippen LogP contribution in [0.3, 0.4) is 0 Å². The van der Waals surface area contributed by atoms with Gasteiger partial charge in [0, 0.05) is 36.8 Å². The maximum Gasteiger partial charge on any atom is 0.255 e. The van der Waals surface area contributed by atoms with Crippen LogP contribution in [-0.4, -0.2) is 22.9 Å². The molecule has 0 bridgehead atoms. The Kier molecular flexibility index (Phi) is 7.26. The van der Waals surface area contributed by atoms with Crippen molar-refractivity contribution < 1.29 is 9.18 Å². The maximum absolute atomic E-state index is 13.1. The lowest BCUT2D eigenvalue weighted by Gasteiger charge is -2.19. The third-order valence-corrected chi connectivity index (χ3v) is 6.22. The number of anilines is 3. The van der Waals surface area contributed by atoms with Crippen LogP contribution in [0, 0.1) is 12.7 Å². The first-order valence-corrected chi connectivity index (χ1v) is 12.4. The number of nitrogens with one attached hydrogen (secondary N) is 2. The van der Waals surface area contributed by atoms with E-state index in [1.165, 1.54) is 29.8 Å². The Morgan fingerprint density at radius 1 is 0.868 bits per heavy atom. The number of carbonyl (C=O) groups is 1. The van der Waals surface area contributed by atoms with Gasteiger partial charge in [0.2, 0.25) is 5.95 Å². The van der Waals surface area contributed by atoms with Crippen molar-refractivity contribution in [3.05, 3.63) is 125 Å². The zero-order chi connectivity index (χ0) is 26.5. The van der Waals surface area contributed by atoms with E-state index in [1.807, 2.05) is 60.5 Å². The number of hydrogen-bond donors (Lipinski definition) is 2. The minimum Gasteiger partial charge on any atom is -0.365 e. The number of hydrogen-bond acceptors (Lipinski definition) is 5. The molecule has 5 rings (SSSR count). The molecule has 0 saturated heterocycles. The topological polar surface area (TPSA) is 70.2 Å². The Labute approximate surface area is 221 Å². The molecule has 5 aromatic rings. The van der Waals surface area contributed by atoms with E-state index < -0.39 is 0 Å². The summed E-state index contributed by atoms with van der Waals surface area (Å²) in [6.07, 6.45) is 0. The van der Waals surface area contributed by atoms with Gasteiger partial charge in [0.15, 0.2) is 0 Å². The van der Waals surface area contributed by atoms with E-state index in [4.69, 9.17) is 9.97 Å². The van der Waals surface area contributed by atoms with Gasteiger partial charge in [0.1, 0.15) is 11.6 Å². The highest BCUT2D eigenvalue weighted by molar-refractivity contribution is 6.04. The highest BCUT2D eigenvalue weighted by Gasteiger charge is 2.12. The van der Waals surface area contributed by atoms with Gasteiger partial charge in [-0.2, -0.15) is 4.98 Å². The van der Waals surface area contributed by atoms with Crippen LogP contribution in [0.15, 0.2) is 97.1 Å². The molecular formula is C31H28FN5O. The molecule has 0 aliphatic heterocycles. The number of aryl methyl sites for hydroxylation is 1. The zero-order valence-corrected chi connectivity index (χ0v) is 21.3. The van der Waals surface area contributed by atoms with Gasteiger partial charge in [0.25, 0.3) is 5.91 Å². The number of amides is 1. The van der Waals surface area contributed by atoms with Crippen LogP contribution in [-0.2, 0) is 13.1 Å². The van der Waals surface area contributed by atoms with Crippen molar-refractivity contribution in [3.63, 3.8) is 0 Å². The Morgan fingerprint density at radius 3 is 2.34 bits per heavy atom. The van der Waals surface area contributed by atoms with E-state index >= 15 is 0 Å². The summed E-state index contributed by atoms with van der Waals surface area (Å²) in [5.41, 5.74) is 5.30. The molecule has 0 aliphatic rings. The number of aromatic nitrogens is 2. The summed E-state index contributed by atoms with van der Waals surface area (Å²) in [6.45, 7) is 3.30. The third kappa shape index (κ3) is 5.95. The summed E-state index contributed by atoms with van der Waals surface area (Å²) in [6, 6.07) is 29.5. The van der Waals surface area contributed by atoms with E-state index in [0.717, 1.165) is 27.8 Å². The highest BCUT2D eigenvalue weighted by atomic mass is 19.1. The molecule has 0 aliphatic carbocycles. The van der Waals surface area contributed by atoms with Crippen molar-refractivity contribution >= 4 is 34.3 Å². The molecule has 7 heteroatoms. The maximum atomic E-state index is 13.1. The van der Waals surface area contributed by atoms with Crippen molar-refractivity contribution in [3.8, 4) is 0 Å². The molecule has 0 unspecified atom stereocenters. The van der Waals surface area contributed by atoms with Crippen LogP contribution < -0.4 is 15.5 Å². The van der Waals surface area contributed by atoms with Crippen molar-refractivity contribution in [2.75, 3.05) is 22.6 Å². The van der Waals surface area contributed by atoms with Crippen LogP contribution in [0.25, 0.3) is 10.9 Å². The summed E-state index contributed by atoms with van der Waals surface area (Å²) < 4.78 is 13.1.